The second-order valence-electron chi connectivity index (χ2n) is 6.78. The zero-order chi connectivity index (χ0) is 20.1. The van der Waals surface area contributed by atoms with Crippen LogP contribution in [0.4, 0.5) is 10.1 Å². The molecule has 146 valence electrons. The van der Waals surface area contributed by atoms with Crippen molar-refractivity contribution < 1.29 is 23.4 Å². The van der Waals surface area contributed by atoms with Gasteiger partial charge in [0, 0.05) is 11.3 Å². The molecule has 8 heteroatoms. The number of carbonyl (C=O) groups excluding carboxylic acids is 1. The molecular formula is C20H19FN2O4S. The van der Waals surface area contributed by atoms with E-state index in [1.165, 1.54) is 19.2 Å². The molecular weight excluding hydrogens is 383 g/mol. The quantitative estimate of drug-likeness (QED) is 0.625. The third-order valence-corrected chi connectivity index (χ3v) is 5.55. The van der Waals surface area contributed by atoms with Gasteiger partial charge in [-0.15, -0.1) is 0 Å². The third kappa shape index (κ3) is 2.59. The molecule has 2 aromatic carbocycles. The van der Waals surface area contributed by atoms with Crippen molar-refractivity contribution in [3.8, 4) is 11.5 Å². The molecule has 0 radical (unpaired) electrons. The van der Waals surface area contributed by atoms with Crippen molar-refractivity contribution in [2.75, 3.05) is 19.1 Å². The maximum absolute atomic E-state index is 13.5. The largest absolute Gasteiger partial charge is 0.493 e. The zero-order valence-electron chi connectivity index (χ0n) is 15.6. The van der Waals surface area contributed by atoms with Crippen LogP contribution in [0.3, 0.4) is 0 Å². The Hall–Kier alpha value is -2.87. The van der Waals surface area contributed by atoms with Gasteiger partial charge in [0.1, 0.15) is 11.7 Å². The van der Waals surface area contributed by atoms with Gasteiger partial charge in [0.2, 0.25) is 5.72 Å². The average Bonchev–Trinajstić information content (AvgIpc) is 2.68. The number of hydrogen-bond donors (Lipinski definition) is 1. The molecule has 0 spiro atoms. The molecule has 2 aliphatic rings. The molecule has 0 aliphatic carbocycles. The van der Waals surface area contributed by atoms with Crippen LogP contribution in [-0.2, 0) is 9.53 Å². The molecule has 6 nitrogen and oxygen atoms in total. The lowest BCUT2D eigenvalue weighted by atomic mass is 9.79. The molecule has 4 rings (SSSR count). The minimum atomic E-state index is -1.21. The van der Waals surface area contributed by atoms with Gasteiger partial charge in [0.05, 0.1) is 20.3 Å². The van der Waals surface area contributed by atoms with Gasteiger partial charge in [-0.3, -0.25) is 9.69 Å². The number of methoxy groups -OCH3 is 2. The van der Waals surface area contributed by atoms with E-state index in [4.69, 9.17) is 26.4 Å². The van der Waals surface area contributed by atoms with E-state index in [-0.39, 0.29) is 5.82 Å². The van der Waals surface area contributed by atoms with E-state index < -0.39 is 23.7 Å². The number of thiocarbonyl (C=S) groups is 1. The highest BCUT2D eigenvalue weighted by Gasteiger charge is 2.60. The van der Waals surface area contributed by atoms with Crippen LogP contribution in [0.2, 0.25) is 0 Å². The molecule has 0 aromatic heterocycles. The Morgan fingerprint density at radius 3 is 2.61 bits per heavy atom. The lowest BCUT2D eigenvalue weighted by Gasteiger charge is -2.55. The number of anilines is 1. The molecule has 1 fully saturated rings. The minimum Gasteiger partial charge on any atom is -0.493 e. The van der Waals surface area contributed by atoms with Crippen molar-refractivity contribution in [3.05, 3.63) is 53.8 Å². The van der Waals surface area contributed by atoms with E-state index in [0.717, 1.165) is 5.56 Å². The second-order valence-corrected chi connectivity index (χ2v) is 7.16. The first-order chi connectivity index (χ1) is 13.4. The number of fused-ring (bicyclic) bond motifs is 4. The summed E-state index contributed by atoms with van der Waals surface area (Å²) in [6.07, 6.45) is 0. The van der Waals surface area contributed by atoms with Crippen LogP contribution in [0.5, 0.6) is 11.5 Å². The van der Waals surface area contributed by atoms with E-state index in [9.17, 15) is 9.18 Å². The third-order valence-electron chi connectivity index (χ3n) is 5.25. The highest BCUT2D eigenvalue weighted by atomic mass is 32.1. The first-order valence-electron chi connectivity index (χ1n) is 8.70. The van der Waals surface area contributed by atoms with Gasteiger partial charge in [-0.25, -0.2) is 4.39 Å². The van der Waals surface area contributed by atoms with E-state index in [1.807, 2.05) is 12.1 Å². The fraction of sp³-hybridized carbons (Fsp3) is 0.300. The van der Waals surface area contributed by atoms with Crippen LogP contribution in [0.15, 0.2) is 42.5 Å². The summed E-state index contributed by atoms with van der Waals surface area (Å²) in [6.45, 7) is 1.77. The van der Waals surface area contributed by atoms with Crippen molar-refractivity contribution in [2.24, 2.45) is 5.92 Å². The predicted molar refractivity (Wildman–Crippen MR) is 105 cm³/mol. The summed E-state index contributed by atoms with van der Waals surface area (Å²) in [7, 11) is 2.89. The van der Waals surface area contributed by atoms with Crippen LogP contribution in [0.1, 0.15) is 18.5 Å². The Morgan fingerprint density at radius 2 is 1.96 bits per heavy atom. The highest BCUT2D eigenvalue weighted by Crippen LogP contribution is 2.52. The van der Waals surface area contributed by atoms with Gasteiger partial charge in [0.15, 0.2) is 16.6 Å². The standard InChI is InChI=1S/C20H19FN2O4S/c1-20-15(18(24)26-3)16(13-5-4-6-14(25-2)17(13)27-20)22-19(28)23(20)12-9-7-11(21)8-10-12/h4-10,15-16H,1-3H3,(H,22,28). The Bertz CT molecular complexity index is 952. The van der Waals surface area contributed by atoms with Gasteiger partial charge in [-0.2, -0.15) is 0 Å². The van der Waals surface area contributed by atoms with Crippen LogP contribution in [0.25, 0.3) is 0 Å². The number of esters is 1. The highest BCUT2D eigenvalue weighted by molar-refractivity contribution is 7.80. The Kier molecular flexibility index (Phi) is 4.38. The lowest BCUT2D eigenvalue weighted by molar-refractivity contribution is -0.157. The van der Waals surface area contributed by atoms with Crippen LogP contribution in [0, 0.1) is 11.7 Å². The fourth-order valence-corrected chi connectivity index (χ4v) is 4.41. The number of carbonyl (C=O) groups is 1. The van der Waals surface area contributed by atoms with E-state index in [1.54, 1.807) is 37.1 Å². The van der Waals surface area contributed by atoms with Crippen molar-refractivity contribution in [1.82, 2.24) is 5.32 Å². The molecule has 1 saturated heterocycles. The van der Waals surface area contributed by atoms with E-state index in [0.29, 0.717) is 22.3 Å². The molecule has 2 heterocycles. The lowest BCUT2D eigenvalue weighted by Crippen LogP contribution is -2.71. The second kappa shape index (κ2) is 6.63. The number of rotatable bonds is 3. The first kappa shape index (κ1) is 18.5. The van der Waals surface area contributed by atoms with Gasteiger partial charge in [-0.05, 0) is 49.5 Å². The maximum atomic E-state index is 13.5. The van der Waals surface area contributed by atoms with Crippen molar-refractivity contribution in [2.45, 2.75) is 18.7 Å². The summed E-state index contributed by atoms with van der Waals surface area (Å²) in [6, 6.07) is 10.9. The zero-order valence-corrected chi connectivity index (χ0v) is 16.4. The van der Waals surface area contributed by atoms with Gasteiger partial charge in [0.25, 0.3) is 0 Å². The average molecular weight is 402 g/mol. The molecule has 3 atom stereocenters. The molecule has 3 unspecified atom stereocenters. The number of nitrogens with zero attached hydrogens (tertiary/aromatic N) is 1. The fourth-order valence-electron chi connectivity index (χ4n) is 4.00. The summed E-state index contributed by atoms with van der Waals surface area (Å²) in [4.78, 5) is 14.5. The number of para-hydroxylation sites is 1. The topological polar surface area (TPSA) is 60.0 Å². The summed E-state index contributed by atoms with van der Waals surface area (Å²) in [5, 5.41) is 3.60. The molecule has 2 bridgehead atoms. The number of hydrogen-bond acceptors (Lipinski definition) is 5. The molecule has 28 heavy (non-hydrogen) atoms. The first-order valence-corrected chi connectivity index (χ1v) is 9.11. The van der Waals surface area contributed by atoms with Crippen molar-refractivity contribution >= 4 is 29.0 Å². The smallest absolute Gasteiger partial charge is 0.317 e. The summed E-state index contributed by atoms with van der Waals surface area (Å²) >= 11 is 5.59. The van der Waals surface area contributed by atoms with Crippen LogP contribution >= 0.6 is 12.2 Å². The van der Waals surface area contributed by atoms with E-state index in [2.05, 4.69) is 5.32 Å². The van der Waals surface area contributed by atoms with E-state index >= 15 is 0 Å². The number of benzene rings is 2. The Labute approximate surface area is 167 Å². The minimum absolute atomic E-state index is 0.368. The molecule has 0 amide bonds. The summed E-state index contributed by atoms with van der Waals surface area (Å²) in [5.41, 5.74) is 0.139. The van der Waals surface area contributed by atoms with Gasteiger partial charge >= 0.3 is 5.97 Å². The Balaban J connectivity index is 1.93. The Morgan fingerprint density at radius 1 is 1.25 bits per heavy atom. The molecule has 2 aliphatic heterocycles. The number of halogens is 1. The normalized spacial score (nSPS) is 25.3. The van der Waals surface area contributed by atoms with Crippen molar-refractivity contribution in [3.63, 3.8) is 0 Å². The summed E-state index contributed by atoms with van der Waals surface area (Å²) in [5.74, 6) is -0.466. The number of nitrogens with one attached hydrogen (secondary N) is 1. The van der Waals surface area contributed by atoms with Crippen LogP contribution < -0.4 is 19.7 Å². The molecule has 0 saturated carbocycles. The molecule has 2 aromatic rings. The summed E-state index contributed by atoms with van der Waals surface area (Å²) < 4.78 is 30.4. The predicted octanol–water partition coefficient (Wildman–Crippen LogP) is 3.17. The van der Waals surface area contributed by atoms with Gasteiger partial charge < -0.3 is 19.5 Å². The SMILES string of the molecule is COC(=O)C1C2NC(=S)N(c3ccc(F)cc3)C1(C)Oc1c(OC)cccc12. The van der Waals surface area contributed by atoms with Crippen molar-refractivity contribution in [1.29, 1.82) is 0 Å². The monoisotopic (exact) mass is 402 g/mol. The number of ether oxygens (including phenoxy) is 3. The maximum Gasteiger partial charge on any atom is 0.317 e. The van der Waals surface area contributed by atoms with Gasteiger partial charge in [-0.1, -0.05) is 12.1 Å². The molecule has 1 N–H and O–H groups in total. The van der Waals surface area contributed by atoms with Crippen LogP contribution in [-0.4, -0.2) is 31.0 Å².